The van der Waals surface area contributed by atoms with Gasteiger partial charge in [0.25, 0.3) is 0 Å². The van der Waals surface area contributed by atoms with Crippen molar-refractivity contribution in [1.82, 2.24) is 9.97 Å². The van der Waals surface area contributed by atoms with E-state index in [2.05, 4.69) is 124 Å². The van der Waals surface area contributed by atoms with Crippen molar-refractivity contribution in [2.45, 2.75) is 26.9 Å². The quantitative estimate of drug-likeness (QED) is 0.165. The predicted octanol–water partition coefficient (Wildman–Crippen LogP) is 12.2. The number of nitrogens with zero attached hydrogens (tertiary/aromatic N) is 2. The maximum absolute atomic E-state index is 6.28. The van der Waals surface area contributed by atoms with Gasteiger partial charge in [-0.05, 0) is 106 Å². The Morgan fingerprint density at radius 3 is 1.24 bits per heavy atom. The van der Waals surface area contributed by atoms with Crippen molar-refractivity contribution >= 4 is 51.8 Å². The van der Waals surface area contributed by atoms with Gasteiger partial charge in [-0.3, -0.25) is 0 Å². The minimum absolute atomic E-state index is 0.631. The Labute approximate surface area is 298 Å². The number of hydrogen-bond acceptors (Lipinski definition) is 4. The molecule has 1 aliphatic heterocycles. The van der Waals surface area contributed by atoms with Crippen LogP contribution in [0.3, 0.4) is 0 Å². The Hall–Kier alpha value is -6.04. The molecule has 246 valence electrons. The van der Waals surface area contributed by atoms with Crippen LogP contribution in [0.15, 0.2) is 154 Å². The zero-order valence-corrected chi connectivity index (χ0v) is 30.1. The predicted molar refractivity (Wildman–Crippen MR) is 212 cm³/mol. The fourth-order valence-corrected chi connectivity index (χ4v) is 11.6. The highest BCUT2D eigenvalue weighted by atomic mass is 28.3. The molecule has 0 saturated heterocycles. The third-order valence-corrected chi connectivity index (χ3v) is 13.6. The van der Waals surface area contributed by atoms with Gasteiger partial charge in [-0.1, -0.05) is 121 Å². The van der Waals surface area contributed by atoms with Gasteiger partial charge in [0, 0.05) is 11.1 Å². The zero-order chi connectivity index (χ0) is 34.7. The number of fused-ring (bicyclic) bond motifs is 2. The largest absolute Gasteiger partial charge is 0.436 e. The van der Waals surface area contributed by atoms with E-state index in [0.29, 0.717) is 11.8 Å². The monoisotopic (exact) mass is 676 g/mol. The summed E-state index contributed by atoms with van der Waals surface area (Å²) in [4.78, 5) is 9.74. The normalized spacial score (nSPS) is 14.3. The van der Waals surface area contributed by atoms with Crippen LogP contribution in [0.1, 0.15) is 33.4 Å². The van der Waals surface area contributed by atoms with Crippen molar-refractivity contribution in [3.8, 4) is 22.9 Å². The summed E-state index contributed by atoms with van der Waals surface area (Å²) in [7, 11) is -2.46. The molecule has 4 nitrogen and oxygen atoms in total. The lowest BCUT2D eigenvalue weighted by atomic mass is 9.88. The first-order valence-electron chi connectivity index (χ1n) is 17.4. The average molecular weight is 677 g/mol. The van der Waals surface area contributed by atoms with Crippen LogP contribution >= 0.6 is 0 Å². The summed E-state index contributed by atoms with van der Waals surface area (Å²) in [5, 5.41) is 2.79. The van der Waals surface area contributed by atoms with Crippen molar-refractivity contribution in [2.75, 3.05) is 0 Å². The van der Waals surface area contributed by atoms with Crippen LogP contribution in [0.4, 0.5) is 0 Å². The molecule has 0 bridgehead atoms. The second-order valence-electron chi connectivity index (χ2n) is 14.0. The van der Waals surface area contributed by atoms with Gasteiger partial charge in [0.05, 0.1) is 0 Å². The van der Waals surface area contributed by atoms with E-state index in [1.165, 1.54) is 54.9 Å². The standard InChI is InChI=1S/C46H36N2O2Si/c1-29-13-9-15-31(25-29)41-42(32-16-10-14-30(2)26-32)44(34-18-12-20-36(28-34)46-48-38-22-6-8-24-40(38)50-46)51(3,4)43(41)33-17-11-19-35(27-33)45-47-37-21-5-7-23-39(37)49-45/h5-28H,1-4H3. The van der Waals surface area contributed by atoms with E-state index in [9.17, 15) is 0 Å². The van der Waals surface area contributed by atoms with Crippen molar-refractivity contribution in [3.05, 3.63) is 179 Å². The third kappa shape index (κ3) is 5.38. The lowest BCUT2D eigenvalue weighted by molar-refractivity contribution is 0.619. The molecule has 0 atom stereocenters. The fraction of sp³-hybridized carbons (Fsp3) is 0.0870. The Kier molecular flexibility index (Phi) is 7.33. The van der Waals surface area contributed by atoms with Crippen LogP contribution in [0, 0.1) is 13.8 Å². The van der Waals surface area contributed by atoms with E-state index in [1.54, 1.807) is 0 Å². The Morgan fingerprint density at radius 1 is 0.412 bits per heavy atom. The summed E-state index contributed by atoms with van der Waals surface area (Å²) in [6.45, 7) is 9.34. The number of aryl methyl sites for hydroxylation is 2. The first kappa shape index (κ1) is 31.0. The lowest BCUT2D eigenvalue weighted by Crippen LogP contribution is -2.28. The maximum atomic E-state index is 6.28. The molecule has 9 rings (SSSR count). The molecule has 0 spiro atoms. The van der Waals surface area contributed by atoms with Gasteiger partial charge in [-0.15, -0.1) is 0 Å². The highest BCUT2D eigenvalue weighted by molar-refractivity contribution is 7.13. The summed E-state index contributed by atoms with van der Waals surface area (Å²) in [6, 6.07) is 51.4. The minimum atomic E-state index is -2.46. The van der Waals surface area contributed by atoms with E-state index in [1.807, 2.05) is 48.5 Å². The smallest absolute Gasteiger partial charge is 0.227 e. The number of allylic oxidation sites excluding steroid dienone is 2. The summed E-state index contributed by atoms with van der Waals surface area (Å²) >= 11 is 0. The van der Waals surface area contributed by atoms with Crippen LogP contribution in [-0.2, 0) is 0 Å². The van der Waals surface area contributed by atoms with Gasteiger partial charge in [0.2, 0.25) is 11.8 Å². The summed E-state index contributed by atoms with van der Waals surface area (Å²) in [5.74, 6) is 1.26. The molecule has 0 saturated carbocycles. The molecule has 0 amide bonds. The number of para-hydroxylation sites is 4. The highest BCUT2D eigenvalue weighted by Gasteiger charge is 2.44. The second-order valence-corrected chi connectivity index (χ2v) is 18.2. The van der Waals surface area contributed by atoms with Gasteiger partial charge < -0.3 is 8.83 Å². The summed E-state index contributed by atoms with van der Waals surface area (Å²) in [6.07, 6.45) is 0. The molecule has 0 N–H and O–H groups in total. The molecule has 0 fully saturated rings. The molecule has 5 heteroatoms. The SMILES string of the molecule is Cc1cccc(C2=C(c3cccc(-c4nc5ccccc5o4)c3)[Si](C)(C)C(c3cccc(-c4nc5ccccc5o4)c3)=C2c2cccc(C)c2)c1. The van der Waals surface area contributed by atoms with E-state index < -0.39 is 8.07 Å². The number of hydrogen-bond donors (Lipinski definition) is 0. The number of benzene rings is 6. The fourth-order valence-electron chi connectivity index (χ4n) is 7.80. The number of aromatic nitrogens is 2. The highest BCUT2D eigenvalue weighted by Crippen LogP contribution is 2.56. The first-order valence-corrected chi connectivity index (χ1v) is 20.4. The molecule has 3 heterocycles. The molecule has 6 aromatic carbocycles. The Bertz CT molecular complexity index is 2460. The van der Waals surface area contributed by atoms with Crippen molar-refractivity contribution in [1.29, 1.82) is 0 Å². The van der Waals surface area contributed by atoms with Gasteiger partial charge in [-0.2, -0.15) is 0 Å². The van der Waals surface area contributed by atoms with Crippen molar-refractivity contribution in [3.63, 3.8) is 0 Å². The van der Waals surface area contributed by atoms with Crippen LogP contribution in [0.25, 0.3) is 66.6 Å². The maximum Gasteiger partial charge on any atom is 0.227 e. The molecule has 1 aliphatic rings. The van der Waals surface area contributed by atoms with E-state index in [4.69, 9.17) is 18.8 Å². The van der Waals surface area contributed by atoms with Crippen molar-refractivity contribution < 1.29 is 8.83 Å². The van der Waals surface area contributed by atoms with Crippen molar-refractivity contribution in [2.24, 2.45) is 0 Å². The van der Waals surface area contributed by atoms with Gasteiger partial charge >= 0.3 is 0 Å². The lowest BCUT2D eigenvalue weighted by Gasteiger charge is -2.27. The third-order valence-electron chi connectivity index (χ3n) is 10.00. The molecule has 51 heavy (non-hydrogen) atoms. The Morgan fingerprint density at radius 2 is 0.804 bits per heavy atom. The van der Waals surface area contributed by atoms with Crippen LogP contribution < -0.4 is 0 Å². The molecule has 0 aliphatic carbocycles. The Balaban J connectivity index is 1.30. The minimum Gasteiger partial charge on any atom is -0.436 e. The molecule has 0 radical (unpaired) electrons. The second kappa shape index (κ2) is 12.1. The number of oxazole rings is 2. The summed E-state index contributed by atoms with van der Waals surface area (Å²) in [5.41, 5.74) is 15.1. The number of rotatable bonds is 6. The molecular weight excluding hydrogens is 641 g/mol. The zero-order valence-electron chi connectivity index (χ0n) is 29.1. The van der Waals surface area contributed by atoms with Gasteiger partial charge in [0.1, 0.15) is 19.1 Å². The molecule has 2 aromatic heterocycles. The van der Waals surface area contributed by atoms with Crippen LogP contribution in [0.5, 0.6) is 0 Å². The molecular formula is C46H36N2O2Si. The van der Waals surface area contributed by atoms with E-state index in [-0.39, 0.29) is 0 Å². The van der Waals surface area contributed by atoms with Gasteiger partial charge in [-0.25, -0.2) is 9.97 Å². The van der Waals surface area contributed by atoms with Crippen LogP contribution in [0.2, 0.25) is 13.1 Å². The first-order chi connectivity index (χ1) is 24.8. The van der Waals surface area contributed by atoms with E-state index in [0.717, 1.165) is 33.3 Å². The van der Waals surface area contributed by atoms with Gasteiger partial charge in [0.15, 0.2) is 11.2 Å². The van der Waals surface area contributed by atoms with Crippen LogP contribution in [-0.4, -0.2) is 18.0 Å². The molecule has 8 aromatic rings. The van der Waals surface area contributed by atoms with E-state index >= 15 is 0 Å². The topological polar surface area (TPSA) is 52.1 Å². The average Bonchev–Trinajstić information content (AvgIpc) is 3.84. The summed E-state index contributed by atoms with van der Waals surface area (Å²) < 4.78 is 12.6. The molecule has 0 unspecified atom stereocenters.